The molecule has 1 aliphatic carbocycles. The van der Waals surface area contributed by atoms with Crippen molar-refractivity contribution < 1.29 is 19.1 Å². The number of carbonyl (C=O) groups is 2. The fraction of sp³-hybridized carbons (Fsp3) is 0.619. The second-order valence-electron chi connectivity index (χ2n) is 8.89. The molecule has 0 fully saturated rings. The van der Waals surface area contributed by atoms with Gasteiger partial charge in [0.2, 0.25) is 0 Å². The van der Waals surface area contributed by atoms with Crippen molar-refractivity contribution in [2.45, 2.75) is 66.4 Å². The zero-order valence-corrected chi connectivity index (χ0v) is 16.2. The molecule has 0 N–H and O–H groups in total. The molecule has 4 heteroatoms. The second kappa shape index (κ2) is 7.19. The standard InChI is InChI=1S/C21H30O4/c1-20(2,3)18(22)24-13-16-15-10-8-7-9-14(15)11-12-17(16)25-19(23)21(4,5)6/h7-10,16-17H,11-13H2,1-6H3/t16-,17+/m1/s1. The summed E-state index contributed by atoms with van der Waals surface area (Å²) in [5.41, 5.74) is 1.25. The molecule has 138 valence electrons. The van der Waals surface area contributed by atoms with Crippen LogP contribution in [0.1, 0.15) is 65.0 Å². The van der Waals surface area contributed by atoms with Crippen LogP contribution in [0.2, 0.25) is 0 Å². The molecule has 0 heterocycles. The van der Waals surface area contributed by atoms with Crippen molar-refractivity contribution in [3.8, 4) is 0 Å². The number of carbonyl (C=O) groups excluding carboxylic acids is 2. The predicted molar refractivity (Wildman–Crippen MR) is 97.3 cm³/mol. The predicted octanol–water partition coefficient (Wildman–Crippen LogP) is 4.26. The van der Waals surface area contributed by atoms with E-state index in [1.54, 1.807) is 0 Å². The first-order chi connectivity index (χ1) is 11.5. The lowest BCUT2D eigenvalue weighted by atomic mass is 9.81. The maximum Gasteiger partial charge on any atom is 0.311 e. The van der Waals surface area contributed by atoms with Crippen LogP contribution in [-0.4, -0.2) is 24.6 Å². The highest BCUT2D eigenvalue weighted by Crippen LogP contribution is 2.35. The first-order valence-electron chi connectivity index (χ1n) is 8.96. The van der Waals surface area contributed by atoms with Gasteiger partial charge in [-0.15, -0.1) is 0 Å². The number of hydrogen-bond acceptors (Lipinski definition) is 4. The number of fused-ring (bicyclic) bond motifs is 1. The van der Waals surface area contributed by atoms with Gasteiger partial charge in [-0.2, -0.15) is 0 Å². The fourth-order valence-electron chi connectivity index (χ4n) is 2.86. The lowest BCUT2D eigenvalue weighted by Crippen LogP contribution is -2.37. The van der Waals surface area contributed by atoms with Gasteiger partial charge < -0.3 is 9.47 Å². The van der Waals surface area contributed by atoms with Crippen molar-refractivity contribution in [3.05, 3.63) is 35.4 Å². The van der Waals surface area contributed by atoms with Crippen molar-refractivity contribution in [3.63, 3.8) is 0 Å². The Bertz CT molecular complexity index is 634. The van der Waals surface area contributed by atoms with Crippen LogP contribution in [0.15, 0.2) is 24.3 Å². The van der Waals surface area contributed by atoms with Gasteiger partial charge in [-0.05, 0) is 65.5 Å². The third-order valence-electron chi connectivity index (χ3n) is 4.48. The molecular weight excluding hydrogens is 316 g/mol. The van der Waals surface area contributed by atoms with Gasteiger partial charge in [0, 0.05) is 0 Å². The van der Waals surface area contributed by atoms with Crippen LogP contribution in [0.4, 0.5) is 0 Å². The van der Waals surface area contributed by atoms with Crippen LogP contribution in [0.25, 0.3) is 0 Å². The molecule has 0 aliphatic heterocycles. The zero-order valence-electron chi connectivity index (χ0n) is 16.2. The summed E-state index contributed by atoms with van der Waals surface area (Å²) in [6.07, 6.45) is 1.34. The van der Waals surface area contributed by atoms with E-state index < -0.39 is 10.8 Å². The Morgan fingerprint density at radius 3 is 2.20 bits per heavy atom. The Hall–Kier alpha value is -1.84. The number of benzene rings is 1. The average molecular weight is 346 g/mol. The van der Waals surface area contributed by atoms with E-state index in [0.717, 1.165) is 18.4 Å². The second-order valence-corrected chi connectivity index (χ2v) is 8.89. The molecule has 0 amide bonds. The summed E-state index contributed by atoms with van der Waals surface area (Å²) < 4.78 is 11.4. The summed E-state index contributed by atoms with van der Waals surface area (Å²) >= 11 is 0. The molecule has 25 heavy (non-hydrogen) atoms. The molecule has 0 radical (unpaired) electrons. The average Bonchev–Trinajstić information content (AvgIpc) is 2.51. The van der Waals surface area contributed by atoms with E-state index in [4.69, 9.17) is 9.47 Å². The maximum absolute atomic E-state index is 12.4. The highest BCUT2D eigenvalue weighted by atomic mass is 16.6. The third-order valence-corrected chi connectivity index (χ3v) is 4.48. The van der Waals surface area contributed by atoms with Gasteiger partial charge in [0.15, 0.2) is 0 Å². The van der Waals surface area contributed by atoms with Gasteiger partial charge in [0.25, 0.3) is 0 Å². The summed E-state index contributed by atoms with van der Waals surface area (Å²) in [5, 5.41) is 0. The van der Waals surface area contributed by atoms with Crippen LogP contribution in [0, 0.1) is 10.8 Å². The topological polar surface area (TPSA) is 52.6 Å². The minimum Gasteiger partial charge on any atom is -0.464 e. The quantitative estimate of drug-likeness (QED) is 0.767. The molecule has 1 aliphatic rings. The minimum absolute atomic E-state index is 0.123. The highest BCUT2D eigenvalue weighted by Gasteiger charge is 2.36. The van der Waals surface area contributed by atoms with Gasteiger partial charge in [-0.1, -0.05) is 24.3 Å². The lowest BCUT2D eigenvalue weighted by Gasteiger charge is -2.34. The Balaban J connectivity index is 2.21. The maximum atomic E-state index is 12.4. The molecule has 0 aromatic heterocycles. The molecule has 2 atom stereocenters. The van der Waals surface area contributed by atoms with Crippen molar-refractivity contribution in [2.24, 2.45) is 10.8 Å². The van der Waals surface area contributed by atoms with E-state index in [1.165, 1.54) is 5.56 Å². The van der Waals surface area contributed by atoms with Crippen LogP contribution in [0.3, 0.4) is 0 Å². The van der Waals surface area contributed by atoms with Crippen LogP contribution >= 0.6 is 0 Å². The van der Waals surface area contributed by atoms with Gasteiger partial charge in [0.1, 0.15) is 12.7 Å². The monoisotopic (exact) mass is 346 g/mol. The minimum atomic E-state index is -0.552. The summed E-state index contributed by atoms with van der Waals surface area (Å²) in [7, 11) is 0. The number of hydrogen-bond donors (Lipinski definition) is 0. The Morgan fingerprint density at radius 2 is 1.60 bits per heavy atom. The highest BCUT2D eigenvalue weighted by molar-refractivity contribution is 5.76. The summed E-state index contributed by atoms with van der Waals surface area (Å²) in [5.74, 6) is -0.581. The van der Waals surface area contributed by atoms with Crippen molar-refractivity contribution in [1.82, 2.24) is 0 Å². The zero-order chi connectivity index (χ0) is 18.8. The Morgan fingerprint density at radius 1 is 1.00 bits per heavy atom. The van der Waals surface area contributed by atoms with E-state index in [2.05, 4.69) is 6.07 Å². The van der Waals surface area contributed by atoms with E-state index in [9.17, 15) is 9.59 Å². The molecule has 4 nitrogen and oxygen atoms in total. The Labute approximate surface area is 150 Å². The number of esters is 2. The number of aryl methyl sites for hydroxylation is 1. The summed E-state index contributed by atoms with van der Waals surface area (Å²) in [4.78, 5) is 24.5. The largest absolute Gasteiger partial charge is 0.464 e. The van der Waals surface area contributed by atoms with E-state index in [-0.39, 0.29) is 30.6 Å². The van der Waals surface area contributed by atoms with Crippen molar-refractivity contribution in [2.75, 3.05) is 6.61 Å². The summed E-state index contributed by atoms with van der Waals surface area (Å²) in [6.45, 7) is 11.3. The van der Waals surface area contributed by atoms with Crippen LogP contribution in [0.5, 0.6) is 0 Å². The van der Waals surface area contributed by atoms with Gasteiger partial charge in [-0.3, -0.25) is 9.59 Å². The van der Waals surface area contributed by atoms with Crippen LogP contribution in [-0.2, 0) is 25.5 Å². The normalized spacial score (nSPS) is 20.6. The molecule has 0 bridgehead atoms. The van der Waals surface area contributed by atoms with Crippen molar-refractivity contribution in [1.29, 1.82) is 0 Å². The fourth-order valence-corrected chi connectivity index (χ4v) is 2.86. The third kappa shape index (κ3) is 4.83. The lowest BCUT2D eigenvalue weighted by molar-refractivity contribution is -0.163. The van der Waals surface area contributed by atoms with Gasteiger partial charge >= 0.3 is 11.9 Å². The SMILES string of the molecule is CC(C)(C)C(=O)OC[C@@H]1c2ccccc2CC[C@@H]1OC(=O)C(C)(C)C. The molecule has 1 aromatic rings. The van der Waals surface area contributed by atoms with E-state index in [1.807, 2.05) is 59.7 Å². The van der Waals surface area contributed by atoms with Gasteiger partial charge in [0.05, 0.1) is 16.7 Å². The molecule has 1 aromatic carbocycles. The van der Waals surface area contributed by atoms with E-state index >= 15 is 0 Å². The van der Waals surface area contributed by atoms with Crippen LogP contribution < -0.4 is 0 Å². The smallest absolute Gasteiger partial charge is 0.311 e. The van der Waals surface area contributed by atoms with E-state index in [0.29, 0.717) is 0 Å². The first-order valence-corrected chi connectivity index (χ1v) is 8.96. The first kappa shape index (κ1) is 19.5. The molecular formula is C21H30O4. The molecule has 2 rings (SSSR count). The molecule has 0 unspecified atom stereocenters. The van der Waals surface area contributed by atoms with Crippen molar-refractivity contribution >= 4 is 11.9 Å². The number of ether oxygens (including phenoxy) is 2. The molecule has 0 saturated heterocycles. The molecule has 0 saturated carbocycles. The summed E-state index contributed by atoms with van der Waals surface area (Å²) in [6, 6.07) is 8.13. The molecule has 0 spiro atoms. The Kier molecular flexibility index (Phi) is 5.60. The number of rotatable bonds is 3. The van der Waals surface area contributed by atoms with Gasteiger partial charge in [-0.25, -0.2) is 0 Å².